The zero-order valence-corrected chi connectivity index (χ0v) is 19.4. The summed E-state index contributed by atoms with van der Waals surface area (Å²) in [5.41, 5.74) is 1.31. The highest BCUT2D eigenvalue weighted by Crippen LogP contribution is 2.36. The molecule has 2 aromatic carbocycles. The molecule has 168 valence electrons. The number of phenols is 1. The highest BCUT2D eigenvalue weighted by molar-refractivity contribution is 6.45. The second-order valence-electron chi connectivity index (χ2n) is 6.99. The third kappa shape index (κ3) is 6.26. The first kappa shape index (κ1) is 25.3. The highest BCUT2D eigenvalue weighted by atomic mass is 35.5. The van der Waals surface area contributed by atoms with Crippen molar-refractivity contribution in [2.75, 3.05) is 26.3 Å². The lowest BCUT2D eigenvalue weighted by Crippen LogP contribution is -2.18. The number of carbonyl (C=O) groups is 2. The van der Waals surface area contributed by atoms with E-state index in [0.29, 0.717) is 17.7 Å². The van der Waals surface area contributed by atoms with Gasteiger partial charge >= 0.3 is 5.97 Å². The second kappa shape index (κ2) is 11.6. The van der Waals surface area contributed by atoms with Crippen molar-refractivity contribution in [3.63, 3.8) is 0 Å². The van der Waals surface area contributed by atoms with Crippen LogP contribution in [-0.2, 0) is 16.1 Å². The van der Waals surface area contributed by atoms with Gasteiger partial charge in [0, 0.05) is 23.2 Å². The van der Waals surface area contributed by atoms with E-state index in [0.717, 1.165) is 25.9 Å². The second-order valence-corrected chi connectivity index (χ2v) is 7.74. The molecule has 2 aromatic rings. The summed E-state index contributed by atoms with van der Waals surface area (Å²) in [5, 5.41) is 10.3. The Balaban J connectivity index is 0.00000341. The molecule has 0 bridgehead atoms. The summed E-state index contributed by atoms with van der Waals surface area (Å²) in [7, 11) is 0. The molecule has 0 aromatic heterocycles. The van der Waals surface area contributed by atoms with Gasteiger partial charge in [-0.2, -0.15) is 0 Å². The van der Waals surface area contributed by atoms with Gasteiger partial charge in [-0.15, -0.1) is 12.4 Å². The van der Waals surface area contributed by atoms with Gasteiger partial charge in [0.05, 0.1) is 11.6 Å². The van der Waals surface area contributed by atoms with Crippen LogP contribution in [0.1, 0.15) is 41.3 Å². The Labute approximate surface area is 197 Å². The van der Waals surface area contributed by atoms with Crippen LogP contribution in [0.25, 0.3) is 0 Å². The molecule has 0 atom stereocenters. The number of rotatable bonds is 8. The van der Waals surface area contributed by atoms with Gasteiger partial charge in [-0.3, -0.25) is 9.69 Å². The number of ether oxygens (including phenoxy) is 2. The number of hydrogen-bond donors (Lipinski definition) is 1. The predicted molar refractivity (Wildman–Crippen MR) is 122 cm³/mol. The van der Waals surface area contributed by atoms with E-state index in [4.69, 9.17) is 32.7 Å². The maximum atomic E-state index is 13.0. The van der Waals surface area contributed by atoms with Gasteiger partial charge in [0.25, 0.3) is 0 Å². The lowest BCUT2D eigenvalue weighted by atomic mass is 10.00. The summed E-state index contributed by atoms with van der Waals surface area (Å²) in [6.07, 6.45) is 2.27. The van der Waals surface area contributed by atoms with Crippen molar-refractivity contribution in [1.82, 2.24) is 4.90 Å². The van der Waals surface area contributed by atoms with Gasteiger partial charge in [-0.25, -0.2) is 4.79 Å². The minimum absolute atomic E-state index is 0. The molecule has 0 aliphatic carbocycles. The van der Waals surface area contributed by atoms with Crippen LogP contribution in [0.3, 0.4) is 0 Å². The minimum atomic E-state index is -0.528. The van der Waals surface area contributed by atoms with Gasteiger partial charge in [0.1, 0.15) is 16.5 Å². The Hall–Kier alpha value is -1.99. The Kier molecular flexibility index (Phi) is 9.44. The van der Waals surface area contributed by atoms with E-state index in [-0.39, 0.29) is 58.5 Å². The molecular formula is C22H24Cl3NO5. The van der Waals surface area contributed by atoms with Crippen molar-refractivity contribution in [1.29, 1.82) is 0 Å². The fraction of sp³-hybridized carbons (Fsp3) is 0.364. The predicted octanol–water partition coefficient (Wildman–Crippen LogP) is 4.89. The number of benzene rings is 2. The van der Waals surface area contributed by atoms with Gasteiger partial charge in [-0.05, 0) is 63.2 Å². The molecule has 0 saturated carbocycles. The molecule has 1 heterocycles. The van der Waals surface area contributed by atoms with Crippen LogP contribution in [0.4, 0.5) is 0 Å². The van der Waals surface area contributed by atoms with Gasteiger partial charge in [0.2, 0.25) is 0 Å². The number of hydrogen-bond acceptors (Lipinski definition) is 6. The first-order valence-electron chi connectivity index (χ1n) is 9.76. The Morgan fingerprint density at radius 2 is 1.81 bits per heavy atom. The lowest BCUT2D eigenvalue weighted by molar-refractivity contribution is -0.145. The fourth-order valence-corrected chi connectivity index (χ4v) is 3.81. The van der Waals surface area contributed by atoms with E-state index in [1.165, 1.54) is 18.2 Å². The summed E-state index contributed by atoms with van der Waals surface area (Å²) in [6, 6.07) is 7.76. The van der Waals surface area contributed by atoms with Crippen LogP contribution >= 0.6 is 35.6 Å². The van der Waals surface area contributed by atoms with E-state index in [1.807, 2.05) is 0 Å². The zero-order chi connectivity index (χ0) is 21.7. The monoisotopic (exact) mass is 487 g/mol. The van der Waals surface area contributed by atoms with Gasteiger partial charge < -0.3 is 14.6 Å². The summed E-state index contributed by atoms with van der Waals surface area (Å²) >= 11 is 12.6. The number of carbonyl (C=O) groups excluding carboxylic acids is 2. The molecule has 3 rings (SSSR count). The molecule has 0 unspecified atom stereocenters. The van der Waals surface area contributed by atoms with Crippen LogP contribution in [0.5, 0.6) is 11.5 Å². The smallest absolute Gasteiger partial charge is 0.344 e. The van der Waals surface area contributed by atoms with Crippen LogP contribution in [-0.4, -0.2) is 48.1 Å². The SMILES string of the molecule is CCOC(=O)COc1ccc(C(=O)c2ccc(O)c(CN3CCCC3)c2)c(Cl)c1Cl.Cl. The van der Waals surface area contributed by atoms with E-state index >= 15 is 0 Å². The highest BCUT2D eigenvalue weighted by Gasteiger charge is 2.21. The summed E-state index contributed by atoms with van der Waals surface area (Å²) in [6.45, 7) is 4.17. The van der Waals surface area contributed by atoms with Gasteiger partial charge in [0.15, 0.2) is 12.4 Å². The average Bonchev–Trinajstić information content (AvgIpc) is 3.23. The summed E-state index contributed by atoms with van der Waals surface area (Å²) in [4.78, 5) is 26.7. The number of aromatic hydroxyl groups is 1. The van der Waals surface area contributed by atoms with Crippen molar-refractivity contribution in [3.8, 4) is 11.5 Å². The number of nitrogens with zero attached hydrogens (tertiary/aromatic N) is 1. The molecule has 1 fully saturated rings. The first-order valence-corrected chi connectivity index (χ1v) is 10.5. The summed E-state index contributed by atoms with van der Waals surface area (Å²) in [5.74, 6) is -0.502. The van der Waals surface area contributed by atoms with Crippen LogP contribution < -0.4 is 4.74 Å². The van der Waals surface area contributed by atoms with Gasteiger partial charge in [-0.1, -0.05) is 23.2 Å². The van der Waals surface area contributed by atoms with E-state index < -0.39 is 5.97 Å². The third-order valence-electron chi connectivity index (χ3n) is 4.88. The number of likely N-dealkylation sites (tertiary alicyclic amines) is 1. The van der Waals surface area contributed by atoms with Crippen LogP contribution in [0.15, 0.2) is 30.3 Å². The Morgan fingerprint density at radius 3 is 2.48 bits per heavy atom. The molecule has 1 aliphatic rings. The van der Waals surface area contributed by atoms with Crippen molar-refractivity contribution in [2.24, 2.45) is 0 Å². The molecule has 0 radical (unpaired) electrons. The van der Waals surface area contributed by atoms with Crippen LogP contribution in [0.2, 0.25) is 10.0 Å². The van der Waals surface area contributed by atoms with Crippen molar-refractivity contribution >= 4 is 47.4 Å². The van der Waals surface area contributed by atoms with E-state index in [1.54, 1.807) is 19.1 Å². The van der Waals surface area contributed by atoms with Crippen molar-refractivity contribution in [2.45, 2.75) is 26.3 Å². The maximum Gasteiger partial charge on any atom is 0.344 e. The number of halogens is 3. The molecule has 6 nitrogen and oxygen atoms in total. The molecular weight excluding hydrogens is 465 g/mol. The van der Waals surface area contributed by atoms with Crippen LogP contribution in [0, 0.1) is 0 Å². The molecule has 0 spiro atoms. The topological polar surface area (TPSA) is 76.1 Å². The average molecular weight is 489 g/mol. The molecule has 1 saturated heterocycles. The minimum Gasteiger partial charge on any atom is -0.508 e. The standard InChI is InChI=1S/C22H23Cl2NO5.ClH/c1-2-29-19(27)13-30-18-8-6-16(20(23)21(18)24)22(28)14-5-7-17(26)15(11-14)12-25-9-3-4-10-25;/h5-8,11,26H,2-4,9-10,12-13H2,1H3;1H. The number of phenolic OH excluding ortho intramolecular Hbond substituents is 1. The first-order chi connectivity index (χ1) is 14.4. The zero-order valence-electron chi connectivity index (χ0n) is 17.0. The third-order valence-corrected chi connectivity index (χ3v) is 5.74. The summed E-state index contributed by atoms with van der Waals surface area (Å²) < 4.78 is 10.1. The normalized spacial score (nSPS) is 13.5. The molecule has 0 amide bonds. The molecule has 9 heteroatoms. The molecule has 1 aliphatic heterocycles. The quantitative estimate of drug-likeness (QED) is 0.421. The van der Waals surface area contributed by atoms with E-state index in [2.05, 4.69) is 4.90 Å². The molecule has 1 N–H and O–H groups in total. The van der Waals surface area contributed by atoms with Crippen molar-refractivity contribution in [3.05, 3.63) is 57.1 Å². The fourth-order valence-electron chi connectivity index (χ4n) is 3.35. The van der Waals surface area contributed by atoms with E-state index in [9.17, 15) is 14.7 Å². The maximum absolute atomic E-state index is 13.0. The van der Waals surface area contributed by atoms with Crippen molar-refractivity contribution < 1.29 is 24.2 Å². The molecule has 31 heavy (non-hydrogen) atoms. The number of ketones is 1. The largest absolute Gasteiger partial charge is 0.508 e. The lowest BCUT2D eigenvalue weighted by Gasteiger charge is -2.16. The number of esters is 1. The Morgan fingerprint density at radius 1 is 1.10 bits per heavy atom. The Bertz CT molecular complexity index is 945.